The highest BCUT2D eigenvalue weighted by molar-refractivity contribution is 7.80. The van der Waals surface area contributed by atoms with Crippen molar-refractivity contribution < 1.29 is 0 Å². The van der Waals surface area contributed by atoms with Crippen molar-refractivity contribution in [2.24, 2.45) is 5.73 Å². The van der Waals surface area contributed by atoms with Crippen LogP contribution in [0.1, 0.15) is 11.1 Å². The Morgan fingerprint density at radius 1 is 1.44 bits per heavy atom. The number of benzene rings is 1. The minimum atomic E-state index is 0.268. The lowest BCUT2D eigenvalue weighted by Crippen LogP contribution is -2.14. The summed E-state index contributed by atoms with van der Waals surface area (Å²) >= 11 is 10.9. The van der Waals surface area contributed by atoms with Crippen LogP contribution in [0.2, 0.25) is 5.02 Å². The van der Waals surface area contributed by atoms with E-state index in [2.05, 4.69) is 15.3 Å². The van der Waals surface area contributed by atoms with Crippen LogP contribution in [0.5, 0.6) is 0 Å². The van der Waals surface area contributed by atoms with Gasteiger partial charge in [0.25, 0.3) is 0 Å². The molecule has 0 atom stereocenters. The second kappa shape index (κ2) is 5.75. The normalized spacial score (nSPS) is 10.1. The van der Waals surface area contributed by atoms with Crippen LogP contribution >= 0.6 is 23.8 Å². The number of nitrogens with two attached hydrogens (primary N) is 1. The minimum Gasteiger partial charge on any atom is -0.389 e. The first-order chi connectivity index (χ1) is 8.66. The van der Waals surface area contributed by atoms with E-state index in [9.17, 15) is 0 Å². The van der Waals surface area contributed by atoms with Gasteiger partial charge in [-0.3, -0.25) is 0 Å². The maximum Gasteiger partial charge on any atom is 0.139 e. The second-order valence-corrected chi connectivity index (χ2v) is 4.51. The van der Waals surface area contributed by atoms with Crippen molar-refractivity contribution in [3.8, 4) is 0 Å². The summed E-state index contributed by atoms with van der Waals surface area (Å²) in [5, 5.41) is 3.86. The molecular formula is C12H11ClN4S. The molecule has 2 aromatic rings. The highest BCUT2D eigenvalue weighted by atomic mass is 35.5. The zero-order valence-electron chi connectivity index (χ0n) is 9.43. The number of hydrogen-bond donors (Lipinski definition) is 2. The van der Waals surface area contributed by atoms with E-state index >= 15 is 0 Å². The van der Waals surface area contributed by atoms with E-state index in [1.54, 1.807) is 6.20 Å². The molecule has 0 aliphatic heterocycles. The van der Waals surface area contributed by atoms with Gasteiger partial charge in [-0.15, -0.1) is 0 Å². The summed E-state index contributed by atoms with van der Waals surface area (Å²) in [5.41, 5.74) is 7.28. The molecule has 4 nitrogen and oxygen atoms in total. The molecule has 1 aromatic heterocycles. The molecule has 92 valence electrons. The third kappa shape index (κ3) is 3.15. The third-order valence-corrected chi connectivity index (χ3v) is 2.78. The molecule has 0 aliphatic carbocycles. The van der Waals surface area contributed by atoms with E-state index in [-0.39, 0.29) is 4.99 Å². The van der Waals surface area contributed by atoms with Crippen molar-refractivity contribution in [2.45, 2.75) is 6.54 Å². The number of thiocarbonyl (C=S) groups is 1. The van der Waals surface area contributed by atoms with E-state index in [0.717, 1.165) is 5.56 Å². The van der Waals surface area contributed by atoms with Gasteiger partial charge in [-0.2, -0.15) is 0 Å². The average molecular weight is 279 g/mol. The maximum atomic E-state index is 5.91. The molecule has 0 fully saturated rings. The fraction of sp³-hybridized carbons (Fsp3) is 0.0833. The van der Waals surface area contributed by atoms with Gasteiger partial charge in [-0.05, 0) is 17.7 Å². The van der Waals surface area contributed by atoms with E-state index in [0.29, 0.717) is 22.9 Å². The van der Waals surface area contributed by atoms with E-state index in [1.165, 1.54) is 6.33 Å². The molecular weight excluding hydrogens is 268 g/mol. The smallest absolute Gasteiger partial charge is 0.139 e. The average Bonchev–Trinajstić information content (AvgIpc) is 2.37. The number of nitrogens with one attached hydrogen (secondary N) is 1. The van der Waals surface area contributed by atoms with Gasteiger partial charge >= 0.3 is 0 Å². The van der Waals surface area contributed by atoms with Crippen LogP contribution < -0.4 is 11.1 Å². The van der Waals surface area contributed by atoms with Crippen molar-refractivity contribution in [2.75, 3.05) is 5.32 Å². The topological polar surface area (TPSA) is 63.8 Å². The van der Waals surface area contributed by atoms with Gasteiger partial charge in [0.2, 0.25) is 0 Å². The Labute approximate surface area is 115 Å². The van der Waals surface area contributed by atoms with Crippen molar-refractivity contribution in [1.29, 1.82) is 0 Å². The fourth-order valence-corrected chi connectivity index (χ4v) is 1.85. The van der Waals surface area contributed by atoms with Crippen LogP contribution in [0.3, 0.4) is 0 Å². The molecule has 0 bridgehead atoms. The number of hydrogen-bond acceptors (Lipinski definition) is 4. The molecule has 18 heavy (non-hydrogen) atoms. The van der Waals surface area contributed by atoms with Gasteiger partial charge < -0.3 is 11.1 Å². The van der Waals surface area contributed by atoms with Crippen LogP contribution in [-0.2, 0) is 6.54 Å². The molecule has 1 aromatic carbocycles. The summed E-state index contributed by atoms with van der Waals surface area (Å²) in [4.78, 5) is 8.28. The monoisotopic (exact) mass is 278 g/mol. The molecule has 0 aliphatic rings. The Morgan fingerprint density at radius 2 is 2.28 bits per heavy atom. The standard InChI is InChI=1S/C12H11ClN4S/c13-9-3-1-2-8(4-9)5-16-12-10(11(14)18)6-15-7-17-12/h1-4,6-7H,5H2,(H2,14,18)(H,15,16,17). The first-order valence-electron chi connectivity index (χ1n) is 5.25. The number of anilines is 1. The van der Waals surface area contributed by atoms with Gasteiger partial charge in [0.05, 0.1) is 5.56 Å². The molecule has 2 rings (SSSR count). The van der Waals surface area contributed by atoms with Crippen molar-refractivity contribution in [1.82, 2.24) is 9.97 Å². The zero-order valence-corrected chi connectivity index (χ0v) is 11.0. The second-order valence-electron chi connectivity index (χ2n) is 3.63. The predicted molar refractivity (Wildman–Crippen MR) is 76.7 cm³/mol. The van der Waals surface area contributed by atoms with Crippen LogP contribution in [0.15, 0.2) is 36.8 Å². The molecule has 0 saturated heterocycles. The maximum absolute atomic E-state index is 5.91. The summed E-state index contributed by atoms with van der Waals surface area (Å²) in [6, 6.07) is 7.58. The van der Waals surface area contributed by atoms with E-state index < -0.39 is 0 Å². The first-order valence-corrected chi connectivity index (χ1v) is 6.03. The van der Waals surface area contributed by atoms with Gasteiger partial charge in [0.1, 0.15) is 17.1 Å². The SMILES string of the molecule is NC(=S)c1cncnc1NCc1cccc(Cl)c1. The Balaban J connectivity index is 2.13. The molecule has 6 heteroatoms. The van der Waals surface area contributed by atoms with E-state index in [4.69, 9.17) is 29.6 Å². The number of halogens is 1. The molecule has 0 saturated carbocycles. The lowest BCUT2D eigenvalue weighted by Gasteiger charge is -2.09. The first kappa shape index (κ1) is 12.7. The number of nitrogens with zero attached hydrogens (tertiary/aromatic N) is 2. The lowest BCUT2D eigenvalue weighted by molar-refractivity contribution is 1.08. The lowest BCUT2D eigenvalue weighted by atomic mass is 10.2. The van der Waals surface area contributed by atoms with Crippen molar-refractivity contribution in [3.05, 3.63) is 52.9 Å². The third-order valence-electron chi connectivity index (χ3n) is 2.33. The summed E-state index contributed by atoms with van der Waals surface area (Å²) in [7, 11) is 0. The summed E-state index contributed by atoms with van der Waals surface area (Å²) in [6.45, 7) is 0.590. The van der Waals surface area contributed by atoms with Crippen LogP contribution in [-0.4, -0.2) is 15.0 Å². The molecule has 0 amide bonds. The van der Waals surface area contributed by atoms with Gasteiger partial charge in [-0.1, -0.05) is 36.0 Å². The Kier molecular flexibility index (Phi) is 4.07. The largest absolute Gasteiger partial charge is 0.389 e. The van der Waals surface area contributed by atoms with Gasteiger partial charge in [0.15, 0.2) is 0 Å². The van der Waals surface area contributed by atoms with Gasteiger partial charge in [-0.25, -0.2) is 9.97 Å². The zero-order chi connectivity index (χ0) is 13.0. The molecule has 0 spiro atoms. The fourth-order valence-electron chi connectivity index (χ4n) is 1.48. The Bertz CT molecular complexity index is 574. The van der Waals surface area contributed by atoms with Crippen molar-refractivity contribution in [3.63, 3.8) is 0 Å². The van der Waals surface area contributed by atoms with Crippen molar-refractivity contribution >= 4 is 34.6 Å². The van der Waals surface area contributed by atoms with Crippen LogP contribution in [0.25, 0.3) is 0 Å². The molecule has 0 radical (unpaired) electrons. The Hall–Kier alpha value is -1.72. The number of aromatic nitrogens is 2. The number of rotatable bonds is 4. The van der Waals surface area contributed by atoms with Gasteiger partial charge in [0, 0.05) is 17.8 Å². The minimum absolute atomic E-state index is 0.268. The van der Waals surface area contributed by atoms with Crippen LogP contribution in [0, 0.1) is 0 Å². The molecule has 1 heterocycles. The summed E-state index contributed by atoms with van der Waals surface area (Å²) in [5.74, 6) is 0.623. The van der Waals surface area contributed by atoms with E-state index in [1.807, 2.05) is 24.3 Å². The van der Waals surface area contributed by atoms with Crippen LogP contribution in [0.4, 0.5) is 5.82 Å². The Morgan fingerprint density at radius 3 is 3.00 bits per heavy atom. The predicted octanol–water partition coefficient (Wildman–Crippen LogP) is 2.38. The molecule has 3 N–H and O–H groups in total. The highest BCUT2D eigenvalue weighted by Crippen LogP contribution is 2.14. The highest BCUT2D eigenvalue weighted by Gasteiger charge is 2.06. The summed E-state index contributed by atoms with van der Waals surface area (Å²) in [6.07, 6.45) is 3.04. The molecule has 0 unspecified atom stereocenters. The quantitative estimate of drug-likeness (QED) is 0.841. The summed E-state index contributed by atoms with van der Waals surface area (Å²) < 4.78 is 0.